The molecule has 27 heavy (non-hydrogen) atoms. The fourth-order valence-corrected chi connectivity index (χ4v) is 4.50. The van der Waals surface area contributed by atoms with Crippen LogP contribution in [-0.4, -0.2) is 19.3 Å². The largest absolute Gasteiger partial charge is 0.268 e. The third-order valence-electron chi connectivity index (χ3n) is 3.85. The van der Waals surface area contributed by atoms with E-state index in [0.29, 0.717) is 5.56 Å². The minimum absolute atomic E-state index is 0.0928. The summed E-state index contributed by atoms with van der Waals surface area (Å²) >= 11 is 1.50. The number of amides is 1. The molecule has 0 aliphatic carbocycles. The van der Waals surface area contributed by atoms with Gasteiger partial charge < -0.3 is 0 Å². The van der Waals surface area contributed by atoms with Gasteiger partial charge in [-0.3, -0.25) is 4.79 Å². The molecule has 6 nitrogen and oxygen atoms in total. The quantitative estimate of drug-likeness (QED) is 0.727. The summed E-state index contributed by atoms with van der Waals surface area (Å²) in [6.07, 6.45) is 0. The molecule has 0 saturated carbocycles. The van der Waals surface area contributed by atoms with Crippen LogP contribution in [0.3, 0.4) is 0 Å². The highest BCUT2D eigenvalue weighted by Gasteiger charge is 2.21. The van der Waals surface area contributed by atoms with Crippen molar-refractivity contribution in [2.45, 2.75) is 18.7 Å². The maximum atomic E-state index is 12.5. The monoisotopic (exact) mass is 397 g/mol. The summed E-state index contributed by atoms with van der Waals surface area (Å²) in [6, 6.07) is 12.7. The molecule has 1 N–H and O–H groups in total. The van der Waals surface area contributed by atoms with Crippen LogP contribution >= 0.6 is 11.3 Å². The van der Waals surface area contributed by atoms with E-state index in [4.69, 9.17) is 5.26 Å². The summed E-state index contributed by atoms with van der Waals surface area (Å²) in [5.74, 6) is -0.737. The number of thiazole rings is 1. The summed E-state index contributed by atoms with van der Waals surface area (Å²) in [7, 11) is -4.09. The Hall–Kier alpha value is -3.02. The van der Waals surface area contributed by atoms with Crippen LogP contribution in [0.15, 0.2) is 52.7 Å². The summed E-state index contributed by atoms with van der Waals surface area (Å²) in [5, 5.41) is 11.7. The van der Waals surface area contributed by atoms with Gasteiger partial charge in [-0.15, -0.1) is 11.3 Å². The zero-order chi connectivity index (χ0) is 19.6. The Balaban J connectivity index is 1.83. The Labute approximate surface area is 161 Å². The van der Waals surface area contributed by atoms with Crippen molar-refractivity contribution in [1.29, 1.82) is 5.26 Å². The molecule has 0 radical (unpaired) electrons. The number of carbonyl (C=O) groups is 1. The van der Waals surface area contributed by atoms with E-state index in [1.165, 1.54) is 29.5 Å². The zero-order valence-corrected chi connectivity index (χ0v) is 16.2. The number of rotatable bonds is 4. The van der Waals surface area contributed by atoms with Crippen molar-refractivity contribution in [2.24, 2.45) is 0 Å². The number of nitrogens with one attached hydrogen (secondary N) is 1. The molecule has 136 valence electrons. The molecule has 1 heterocycles. The van der Waals surface area contributed by atoms with E-state index in [0.717, 1.165) is 16.3 Å². The Morgan fingerprint density at radius 1 is 1.15 bits per heavy atom. The molecule has 1 amide bonds. The number of nitriles is 1. The average Bonchev–Trinajstić information content (AvgIpc) is 3.08. The number of hydrogen-bond acceptors (Lipinski definition) is 6. The first kappa shape index (κ1) is 18.8. The molecule has 0 spiro atoms. The average molecular weight is 397 g/mol. The second-order valence-corrected chi connectivity index (χ2v) is 8.41. The van der Waals surface area contributed by atoms with E-state index in [1.54, 1.807) is 31.2 Å². The Bertz CT molecular complexity index is 1160. The van der Waals surface area contributed by atoms with E-state index >= 15 is 0 Å². The van der Waals surface area contributed by atoms with Crippen molar-refractivity contribution in [2.75, 3.05) is 0 Å². The predicted octanol–water partition coefficient (Wildman–Crippen LogP) is 3.42. The molecule has 0 saturated heterocycles. The van der Waals surface area contributed by atoms with Crippen molar-refractivity contribution in [3.63, 3.8) is 0 Å². The number of nitrogens with zero attached hydrogens (tertiary/aromatic N) is 2. The number of sulfonamides is 1. The van der Waals surface area contributed by atoms with Gasteiger partial charge in [0.25, 0.3) is 15.9 Å². The second-order valence-electron chi connectivity index (χ2n) is 5.90. The topological polar surface area (TPSA) is 99.9 Å². The number of aromatic nitrogens is 1. The number of hydrogen-bond donors (Lipinski definition) is 1. The first-order chi connectivity index (χ1) is 12.8. The highest BCUT2D eigenvalue weighted by atomic mass is 32.2. The van der Waals surface area contributed by atoms with Gasteiger partial charge in [0.05, 0.1) is 16.5 Å². The molecule has 0 bridgehead atoms. The van der Waals surface area contributed by atoms with Crippen molar-refractivity contribution in [3.8, 4) is 16.6 Å². The molecule has 0 aliphatic rings. The van der Waals surface area contributed by atoms with Gasteiger partial charge in [0.15, 0.2) is 0 Å². The zero-order valence-electron chi connectivity index (χ0n) is 14.6. The van der Waals surface area contributed by atoms with Crippen LogP contribution in [0.1, 0.15) is 27.2 Å². The van der Waals surface area contributed by atoms with Crippen molar-refractivity contribution in [1.82, 2.24) is 9.71 Å². The van der Waals surface area contributed by atoms with Gasteiger partial charge >= 0.3 is 0 Å². The summed E-state index contributed by atoms with van der Waals surface area (Å²) in [6.45, 7) is 3.50. The highest BCUT2D eigenvalue weighted by molar-refractivity contribution is 7.90. The van der Waals surface area contributed by atoms with Gasteiger partial charge in [0.1, 0.15) is 5.01 Å². The van der Waals surface area contributed by atoms with Gasteiger partial charge in [-0.2, -0.15) is 5.26 Å². The molecule has 0 atom stereocenters. The van der Waals surface area contributed by atoms with Gasteiger partial charge in [0.2, 0.25) is 0 Å². The normalized spacial score (nSPS) is 11.0. The van der Waals surface area contributed by atoms with Crippen LogP contribution < -0.4 is 4.72 Å². The molecule has 2 aromatic carbocycles. The van der Waals surface area contributed by atoms with Gasteiger partial charge in [0, 0.05) is 22.2 Å². The van der Waals surface area contributed by atoms with Gasteiger partial charge in [-0.05, 0) is 43.7 Å². The molecule has 8 heteroatoms. The third-order valence-corrected chi connectivity index (χ3v) is 6.33. The van der Waals surface area contributed by atoms with Crippen LogP contribution in [-0.2, 0) is 10.0 Å². The lowest BCUT2D eigenvalue weighted by molar-refractivity contribution is 0.0981. The lowest BCUT2D eigenvalue weighted by Gasteiger charge is -2.10. The number of benzene rings is 2. The van der Waals surface area contributed by atoms with Crippen LogP contribution in [0.4, 0.5) is 0 Å². The highest BCUT2D eigenvalue weighted by Crippen LogP contribution is 2.24. The molecular formula is C19H15N3O3S2. The first-order valence-electron chi connectivity index (χ1n) is 7.90. The third kappa shape index (κ3) is 4.05. The number of carbonyl (C=O) groups excluding carboxylic acids is 1. The standard InChI is InChI=1S/C19H15N3O3S2/c1-12-3-4-14(10-20)9-17(12)27(24,25)22-18(23)15-5-7-16(8-6-15)19-21-13(2)11-26-19/h3-9,11H,1-2H3,(H,22,23). The SMILES string of the molecule is Cc1csc(-c2ccc(C(=O)NS(=O)(=O)c3cc(C#N)ccc3C)cc2)n1. The summed E-state index contributed by atoms with van der Waals surface area (Å²) < 4.78 is 27.1. The Morgan fingerprint density at radius 3 is 2.44 bits per heavy atom. The van der Waals surface area contributed by atoms with Gasteiger partial charge in [-0.25, -0.2) is 18.1 Å². The minimum Gasteiger partial charge on any atom is -0.268 e. The second kappa shape index (κ2) is 7.31. The lowest BCUT2D eigenvalue weighted by atomic mass is 10.1. The van der Waals surface area contributed by atoms with Crippen LogP contribution in [0.2, 0.25) is 0 Å². The fraction of sp³-hybridized carbons (Fsp3) is 0.105. The van der Waals surface area contributed by atoms with Crippen molar-refractivity contribution in [3.05, 3.63) is 70.2 Å². The van der Waals surface area contributed by atoms with E-state index in [-0.39, 0.29) is 16.0 Å². The van der Waals surface area contributed by atoms with Crippen molar-refractivity contribution >= 4 is 27.3 Å². The smallest absolute Gasteiger partial charge is 0.264 e. The van der Waals surface area contributed by atoms with E-state index in [1.807, 2.05) is 18.4 Å². The maximum absolute atomic E-state index is 12.5. The molecular weight excluding hydrogens is 382 g/mol. The van der Waals surface area contributed by atoms with Crippen LogP contribution in [0.5, 0.6) is 0 Å². The Kier molecular flexibility index (Phi) is 5.08. The summed E-state index contributed by atoms with van der Waals surface area (Å²) in [5.41, 5.74) is 2.63. The molecule has 0 fully saturated rings. The van der Waals surface area contributed by atoms with Crippen LogP contribution in [0.25, 0.3) is 10.6 Å². The fourth-order valence-electron chi connectivity index (χ4n) is 2.45. The predicted molar refractivity (Wildman–Crippen MR) is 103 cm³/mol. The van der Waals surface area contributed by atoms with E-state index < -0.39 is 15.9 Å². The molecule has 0 aliphatic heterocycles. The lowest BCUT2D eigenvalue weighted by Crippen LogP contribution is -2.31. The summed E-state index contributed by atoms with van der Waals surface area (Å²) in [4.78, 5) is 16.7. The minimum atomic E-state index is -4.09. The first-order valence-corrected chi connectivity index (χ1v) is 10.3. The van der Waals surface area contributed by atoms with Gasteiger partial charge in [-0.1, -0.05) is 18.2 Å². The molecule has 3 rings (SSSR count). The molecule has 0 unspecified atom stereocenters. The molecule has 1 aromatic heterocycles. The Morgan fingerprint density at radius 2 is 1.85 bits per heavy atom. The number of aryl methyl sites for hydroxylation is 2. The molecule has 3 aromatic rings. The van der Waals surface area contributed by atoms with E-state index in [2.05, 4.69) is 9.71 Å². The van der Waals surface area contributed by atoms with Crippen molar-refractivity contribution < 1.29 is 13.2 Å². The van der Waals surface area contributed by atoms with Crippen LogP contribution in [0, 0.1) is 25.2 Å². The maximum Gasteiger partial charge on any atom is 0.264 e. The van der Waals surface area contributed by atoms with E-state index in [9.17, 15) is 13.2 Å².